The second kappa shape index (κ2) is 15.2. The number of benzene rings is 2. The van der Waals surface area contributed by atoms with Gasteiger partial charge in [-0.1, -0.05) is 118 Å². The Kier molecular flexibility index (Phi) is 11.5. The Morgan fingerprint density at radius 1 is 0.617 bits per heavy atom. The lowest BCUT2D eigenvalue weighted by Gasteiger charge is -2.39. The van der Waals surface area contributed by atoms with E-state index in [9.17, 15) is 0 Å². The van der Waals surface area contributed by atoms with Crippen molar-refractivity contribution in [2.24, 2.45) is 0 Å². The normalized spacial score (nSPS) is 14.0. The molecule has 0 saturated heterocycles. The van der Waals surface area contributed by atoms with Crippen molar-refractivity contribution in [1.82, 2.24) is 0 Å². The molecule has 0 spiro atoms. The zero-order valence-electron chi connectivity index (χ0n) is 30.1. The average Bonchev–Trinajstić information content (AvgIpc) is 3.71. The van der Waals surface area contributed by atoms with E-state index in [1.54, 1.807) is 0 Å². The molecule has 0 bridgehead atoms. The van der Waals surface area contributed by atoms with Gasteiger partial charge in [-0.25, -0.2) is 0 Å². The Labute approximate surface area is 292 Å². The van der Waals surface area contributed by atoms with E-state index in [1.165, 1.54) is 63.6 Å². The number of hydrogen-bond donors (Lipinski definition) is 0. The van der Waals surface area contributed by atoms with Crippen LogP contribution in [0.25, 0.3) is 9.75 Å². The molecule has 1 aliphatic heterocycles. The van der Waals surface area contributed by atoms with Crippen LogP contribution in [-0.2, 0) is 16.4 Å². The van der Waals surface area contributed by atoms with Crippen LogP contribution in [-0.4, -0.2) is 13.2 Å². The van der Waals surface area contributed by atoms with E-state index >= 15 is 0 Å². The summed E-state index contributed by atoms with van der Waals surface area (Å²) in [6.07, 6.45) is 10.6. The van der Waals surface area contributed by atoms with Crippen molar-refractivity contribution in [3.8, 4) is 27.0 Å². The van der Waals surface area contributed by atoms with Gasteiger partial charge in [-0.2, -0.15) is 0 Å². The van der Waals surface area contributed by atoms with Gasteiger partial charge in [-0.3, -0.25) is 0 Å². The fourth-order valence-electron chi connectivity index (χ4n) is 6.13. The minimum absolute atomic E-state index is 0.0310. The van der Waals surface area contributed by atoms with Crippen LogP contribution in [0.5, 0.6) is 17.2 Å². The summed E-state index contributed by atoms with van der Waals surface area (Å²) in [5.74, 6) is 2.79. The smallest absolute Gasteiger partial charge is 0.186 e. The molecule has 47 heavy (non-hydrogen) atoms. The van der Waals surface area contributed by atoms with Crippen LogP contribution >= 0.6 is 22.7 Å². The van der Waals surface area contributed by atoms with Gasteiger partial charge >= 0.3 is 0 Å². The highest BCUT2D eigenvalue weighted by molar-refractivity contribution is 7.22. The Morgan fingerprint density at radius 2 is 1.13 bits per heavy atom. The molecule has 0 fully saturated rings. The fraction of sp³-hybridized carbons (Fsp3) is 0.524. The molecule has 3 nitrogen and oxygen atoms in total. The summed E-state index contributed by atoms with van der Waals surface area (Å²) < 4.78 is 19.8. The Bertz CT molecular complexity index is 1510. The molecule has 5 heteroatoms. The third-order valence-electron chi connectivity index (χ3n) is 9.62. The third kappa shape index (κ3) is 7.78. The van der Waals surface area contributed by atoms with Crippen LogP contribution < -0.4 is 14.2 Å². The van der Waals surface area contributed by atoms with Crippen LogP contribution in [0.1, 0.15) is 140 Å². The van der Waals surface area contributed by atoms with E-state index in [-0.39, 0.29) is 10.8 Å². The van der Waals surface area contributed by atoms with Crippen LogP contribution in [0.15, 0.2) is 60.7 Å². The molecule has 4 aromatic rings. The lowest BCUT2D eigenvalue weighted by Crippen LogP contribution is -2.37. The molecule has 5 rings (SSSR count). The van der Waals surface area contributed by atoms with Gasteiger partial charge in [-0.05, 0) is 66.5 Å². The van der Waals surface area contributed by atoms with Crippen LogP contribution in [0, 0.1) is 0 Å². The minimum Gasteiger partial charge on any atom is -0.494 e. The van der Waals surface area contributed by atoms with E-state index in [0.29, 0.717) is 0 Å². The summed E-state index contributed by atoms with van der Waals surface area (Å²) in [6.45, 7) is 19.9. The van der Waals surface area contributed by atoms with Gasteiger partial charge in [0.25, 0.3) is 0 Å². The lowest BCUT2D eigenvalue weighted by molar-refractivity contribution is 0.153. The highest BCUT2D eigenvalue weighted by Gasteiger charge is 2.47. The molecule has 0 N–H and O–H groups in total. The SMILES string of the molecule is CCCCCCOc1ccc(C2(c3ccc(OCCCCCC)cc3)Oc3cc(C(C)(C)C)sc3-c3sc(C(C)(C)CC)cc32)cc1. The summed E-state index contributed by atoms with van der Waals surface area (Å²) in [5, 5.41) is 0. The van der Waals surface area contributed by atoms with Crippen molar-refractivity contribution >= 4 is 22.7 Å². The minimum atomic E-state index is -0.809. The topological polar surface area (TPSA) is 27.7 Å². The first-order chi connectivity index (χ1) is 22.5. The standard InChI is InChI=1S/C42H56O3S2/c1-9-12-14-16-26-43-32-22-18-30(19-23-32)42(31-20-24-33(25-21-31)44-27-17-15-13-10-2)34-28-37(41(7,8)11-3)47-38(34)39-35(45-42)29-36(46-39)40(4,5)6/h18-25,28-29H,9-17,26-27H2,1-8H3. The van der Waals surface area contributed by atoms with E-state index in [2.05, 4.69) is 116 Å². The maximum atomic E-state index is 7.42. The summed E-state index contributed by atoms with van der Waals surface area (Å²) in [5.41, 5.74) is 2.73. The molecular formula is C42H56O3S2. The molecule has 1 aliphatic rings. The molecule has 0 aliphatic carbocycles. The van der Waals surface area contributed by atoms with E-state index in [1.807, 2.05) is 22.7 Å². The maximum Gasteiger partial charge on any atom is 0.186 e. The van der Waals surface area contributed by atoms with Gasteiger partial charge in [0.05, 0.1) is 23.0 Å². The number of thiophene rings is 2. The highest BCUT2D eigenvalue weighted by atomic mass is 32.1. The lowest BCUT2D eigenvalue weighted by atomic mass is 9.77. The van der Waals surface area contributed by atoms with Gasteiger partial charge in [0.1, 0.15) is 17.2 Å². The fourth-order valence-corrected chi connectivity index (χ4v) is 8.80. The number of fused-ring (bicyclic) bond motifs is 3. The summed E-state index contributed by atoms with van der Waals surface area (Å²) in [6, 6.07) is 22.1. The second-order valence-electron chi connectivity index (χ2n) is 14.8. The monoisotopic (exact) mass is 672 g/mol. The van der Waals surface area contributed by atoms with Gasteiger partial charge in [0.15, 0.2) is 5.60 Å². The van der Waals surface area contributed by atoms with E-state index in [4.69, 9.17) is 14.2 Å². The summed E-state index contributed by atoms with van der Waals surface area (Å²) >= 11 is 3.83. The molecule has 2 aromatic heterocycles. The number of unbranched alkanes of at least 4 members (excludes halogenated alkanes) is 6. The Morgan fingerprint density at radius 3 is 1.60 bits per heavy atom. The van der Waals surface area contributed by atoms with Crippen molar-refractivity contribution in [1.29, 1.82) is 0 Å². The Hall–Kier alpha value is -2.76. The molecule has 0 atom stereocenters. The molecule has 2 aromatic carbocycles. The second-order valence-corrected chi connectivity index (χ2v) is 16.9. The number of ether oxygens (including phenoxy) is 3. The van der Waals surface area contributed by atoms with Crippen molar-refractivity contribution in [2.75, 3.05) is 13.2 Å². The van der Waals surface area contributed by atoms with Gasteiger partial charge in [-0.15, -0.1) is 22.7 Å². The predicted octanol–water partition coefficient (Wildman–Crippen LogP) is 13.1. The van der Waals surface area contributed by atoms with Crippen LogP contribution in [0.4, 0.5) is 0 Å². The summed E-state index contributed by atoms with van der Waals surface area (Å²) in [4.78, 5) is 5.32. The highest BCUT2D eigenvalue weighted by Crippen LogP contribution is 2.59. The van der Waals surface area contributed by atoms with Crippen LogP contribution in [0.3, 0.4) is 0 Å². The molecule has 0 amide bonds. The zero-order valence-corrected chi connectivity index (χ0v) is 31.7. The van der Waals surface area contributed by atoms with Crippen molar-refractivity contribution in [3.63, 3.8) is 0 Å². The Balaban J connectivity index is 1.61. The largest absolute Gasteiger partial charge is 0.494 e. The van der Waals surface area contributed by atoms with Gasteiger partial charge in [0.2, 0.25) is 0 Å². The first kappa shape index (κ1) is 35.5. The van der Waals surface area contributed by atoms with E-state index in [0.717, 1.165) is 60.9 Å². The first-order valence-corrected chi connectivity index (χ1v) is 19.6. The molecule has 0 unspecified atom stereocenters. The van der Waals surface area contributed by atoms with Crippen molar-refractivity contribution in [3.05, 3.63) is 87.1 Å². The zero-order chi connectivity index (χ0) is 33.7. The molecule has 3 heterocycles. The quantitative estimate of drug-likeness (QED) is 0.111. The summed E-state index contributed by atoms with van der Waals surface area (Å²) in [7, 11) is 0. The molecule has 0 radical (unpaired) electrons. The van der Waals surface area contributed by atoms with E-state index < -0.39 is 5.60 Å². The van der Waals surface area contributed by atoms with Crippen molar-refractivity contribution in [2.45, 2.75) is 130 Å². The van der Waals surface area contributed by atoms with Gasteiger partial charge < -0.3 is 14.2 Å². The molecular weight excluding hydrogens is 617 g/mol. The third-order valence-corrected chi connectivity index (χ3v) is 12.8. The average molecular weight is 673 g/mol. The number of hydrogen-bond acceptors (Lipinski definition) is 5. The van der Waals surface area contributed by atoms with Gasteiger partial charge in [0, 0.05) is 26.4 Å². The molecule has 0 saturated carbocycles. The first-order valence-electron chi connectivity index (χ1n) is 18.0. The number of rotatable bonds is 16. The molecule has 254 valence electrons. The van der Waals surface area contributed by atoms with Crippen molar-refractivity contribution < 1.29 is 14.2 Å². The van der Waals surface area contributed by atoms with Crippen LogP contribution in [0.2, 0.25) is 0 Å². The maximum absolute atomic E-state index is 7.42. The predicted molar refractivity (Wildman–Crippen MR) is 202 cm³/mol.